The predicted molar refractivity (Wildman–Crippen MR) is 201 cm³/mol. The predicted octanol–water partition coefficient (Wildman–Crippen LogP) is 3.69. The zero-order chi connectivity index (χ0) is 39.5. The van der Waals surface area contributed by atoms with Crippen LogP contribution in [0.3, 0.4) is 0 Å². The standard InChI is InChI=1S/C38H47ClN6O8/c1-22(2)31(44-37(51)38(4,5)6)35(49)41-30(20-25-15-11-8-12-16-25)34(48)43-32(23(3)46)36(50)42-29(19-24-13-9-7-10-14-24)33(47)40-28-18-17-26(45(52)53)21-27(28)39/h7-18,21-23,29-32,46H,19-20H2,1-6H3,(H,40,47)(H,41,49)(H,42,50)(H,43,48)(H,44,51)/t23-,29+,30+,31+,32+/m1/s1. The molecule has 3 rings (SSSR count). The minimum atomic E-state index is -1.58. The van der Waals surface area contributed by atoms with Gasteiger partial charge in [-0.25, -0.2) is 0 Å². The normalized spacial score (nSPS) is 14.1. The van der Waals surface area contributed by atoms with E-state index in [9.17, 15) is 39.2 Å². The maximum Gasteiger partial charge on any atom is 0.271 e. The Balaban J connectivity index is 1.87. The van der Waals surface area contributed by atoms with E-state index in [1.165, 1.54) is 13.0 Å². The van der Waals surface area contributed by atoms with Crippen molar-refractivity contribution in [3.8, 4) is 0 Å². The molecule has 0 saturated carbocycles. The number of non-ortho nitro benzene ring substituents is 1. The third-order valence-corrected chi connectivity index (χ3v) is 8.54. The van der Waals surface area contributed by atoms with Crippen LogP contribution in [0.4, 0.5) is 11.4 Å². The molecule has 0 bridgehead atoms. The molecule has 0 spiro atoms. The van der Waals surface area contributed by atoms with E-state index in [1.54, 1.807) is 95.3 Å². The second-order valence-electron chi connectivity index (χ2n) is 14.1. The lowest BCUT2D eigenvalue weighted by molar-refractivity contribution is -0.384. The molecule has 14 nitrogen and oxygen atoms in total. The highest BCUT2D eigenvalue weighted by molar-refractivity contribution is 6.34. The average Bonchev–Trinajstić information content (AvgIpc) is 3.09. The van der Waals surface area contributed by atoms with E-state index in [0.717, 1.165) is 12.1 Å². The van der Waals surface area contributed by atoms with Crippen LogP contribution in [0.5, 0.6) is 0 Å². The molecule has 0 aliphatic rings. The fourth-order valence-electron chi connectivity index (χ4n) is 5.13. The van der Waals surface area contributed by atoms with Gasteiger partial charge in [-0.3, -0.25) is 34.1 Å². The number of hydrogen-bond acceptors (Lipinski definition) is 8. The van der Waals surface area contributed by atoms with Crippen molar-refractivity contribution in [1.82, 2.24) is 21.3 Å². The molecule has 0 fully saturated rings. The highest BCUT2D eigenvalue weighted by atomic mass is 35.5. The number of carbonyl (C=O) groups excluding carboxylic acids is 5. The third-order valence-electron chi connectivity index (χ3n) is 8.23. The number of rotatable bonds is 16. The van der Waals surface area contributed by atoms with Crippen LogP contribution in [-0.4, -0.2) is 69.8 Å². The molecule has 5 atom stereocenters. The molecule has 6 N–H and O–H groups in total. The van der Waals surface area contributed by atoms with Crippen molar-refractivity contribution < 1.29 is 34.0 Å². The summed E-state index contributed by atoms with van der Waals surface area (Å²) in [5.41, 5.74) is 0.358. The first kappa shape index (κ1) is 42.1. The van der Waals surface area contributed by atoms with Gasteiger partial charge in [-0.05, 0) is 30.0 Å². The van der Waals surface area contributed by atoms with Crippen LogP contribution in [0.1, 0.15) is 52.7 Å². The van der Waals surface area contributed by atoms with Crippen molar-refractivity contribution >= 4 is 52.5 Å². The van der Waals surface area contributed by atoms with E-state index in [2.05, 4.69) is 26.6 Å². The smallest absolute Gasteiger partial charge is 0.271 e. The molecular formula is C38H47ClN6O8. The molecule has 0 aliphatic carbocycles. The lowest BCUT2D eigenvalue weighted by Gasteiger charge is -2.29. The summed E-state index contributed by atoms with van der Waals surface area (Å²) in [6.07, 6.45) is -1.45. The number of amides is 5. The van der Waals surface area contributed by atoms with Gasteiger partial charge in [0.1, 0.15) is 24.2 Å². The van der Waals surface area contributed by atoms with Gasteiger partial charge in [0.2, 0.25) is 29.5 Å². The molecular weight excluding hydrogens is 704 g/mol. The van der Waals surface area contributed by atoms with Crippen LogP contribution in [0.15, 0.2) is 78.9 Å². The molecule has 5 amide bonds. The molecule has 15 heteroatoms. The van der Waals surface area contributed by atoms with Gasteiger partial charge in [0.25, 0.3) is 5.69 Å². The summed E-state index contributed by atoms with van der Waals surface area (Å²) in [5, 5.41) is 35.0. The molecule has 0 unspecified atom stereocenters. The van der Waals surface area contributed by atoms with Gasteiger partial charge in [0.05, 0.1) is 21.7 Å². The van der Waals surface area contributed by atoms with Crippen LogP contribution < -0.4 is 26.6 Å². The molecule has 0 aliphatic heterocycles. The Morgan fingerprint density at radius 1 is 0.717 bits per heavy atom. The van der Waals surface area contributed by atoms with Gasteiger partial charge < -0.3 is 31.7 Å². The number of carbonyl (C=O) groups is 5. The highest BCUT2D eigenvalue weighted by Gasteiger charge is 2.35. The first-order valence-electron chi connectivity index (χ1n) is 17.1. The van der Waals surface area contributed by atoms with E-state index in [4.69, 9.17) is 11.6 Å². The topological polar surface area (TPSA) is 209 Å². The quantitative estimate of drug-likeness (QED) is 0.0938. The minimum absolute atomic E-state index is 0.00689. The van der Waals surface area contributed by atoms with Crippen molar-refractivity contribution in [3.63, 3.8) is 0 Å². The number of aliphatic hydroxyl groups is 1. The largest absolute Gasteiger partial charge is 0.391 e. The monoisotopic (exact) mass is 750 g/mol. The van der Waals surface area contributed by atoms with E-state index in [-0.39, 0.29) is 41.1 Å². The first-order chi connectivity index (χ1) is 24.9. The zero-order valence-corrected chi connectivity index (χ0v) is 31.3. The Morgan fingerprint density at radius 2 is 1.21 bits per heavy atom. The molecule has 0 saturated heterocycles. The van der Waals surface area contributed by atoms with Gasteiger partial charge in [-0.2, -0.15) is 0 Å². The van der Waals surface area contributed by atoms with Crippen LogP contribution in [0.25, 0.3) is 0 Å². The first-order valence-corrected chi connectivity index (χ1v) is 17.5. The number of nitro groups is 1. The molecule has 284 valence electrons. The minimum Gasteiger partial charge on any atom is -0.391 e. The Morgan fingerprint density at radius 3 is 1.64 bits per heavy atom. The number of anilines is 1. The summed E-state index contributed by atoms with van der Waals surface area (Å²) >= 11 is 6.20. The molecule has 0 radical (unpaired) electrons. The van der Waals surface area contributed by atoms with Crippen molar-refractivity contribution in [2.45, 2.75) is 84.7 Å². The molecule has 3 aromatic carbocycles. The molecule has 0 aromatic heterocycles. The number of halogens is 1. The second-order valence-corrected chi connectivity index (χ2v) is 14.5. The lowest BCUT2D eigenvalue weighted by atomic mass is 9.93. The van der Waals surface area contributed by atoms with Crippen molar-refractivity contribution in [2.24, 2.45) is 11.3 Å². The van der Waals surface area contributed by atoms with Crippen LogP contribution >= 0.6 is 11.6 Å². The number of nitrogens with one attached hydrogen (secondary N) is 5. The number of benzene rings is 3. The highest BCUT2D eigenvalue weighted by Crippen LogP contribution is 2.27. The summed E-state index contributed by atoms with van der Waals surface area (Å²) in [4.78, 5) is 78.2. The molecule has 3 aromatic rings. The number of hydrogen-bond donors (Lipinski definition) is 6. The van der Waals surface area contributed by atoms with Gasteiger partial charge in [0, 0.05) is 30.4 Å². The number of nitrogens with zero attached hydrogens (tertiary/aromatic N) is 1. The van der Waals surface area contributed by atoms with Crippen molar-refractivity contribution in [1.29, 1.82) is 0 Å². The van der Waals surface area contributed by atoms with E-state index < -0.39 is 64.2 Å². The maximum absolute atomic E-state index is 13.9. The number of nitro benzene ring substituents is 1. The van der Waals surface area contributed by atoms with Gasteiger partial charge in [-0.15, -0.1) is 0 Å². The molecule has 53 heavy (non-hydrogen) atoms. The fourth-order valence-corrected chi connectivity index (χ4v) is 5.35. The maximum atomic E-state index is 13.9. The van der Waals surface area contributed by atoms with E-state index in [0.29, 0.717) is 11.1 Å². The summed E-state index contributed by atoms with van der Waals surface area (Å²) < 4.78 is 0. The Labute approximate surface area is 313 Å². The Kier molecular flexibility index (Phi) is 15.0. The van der Waals surface area contributed by atoms with Crippen molar-refractivity contribution in [2.75, 3.05) is 5.32 Å². The van der Waals surface area contributed by atoms with Gasteiger partial charge >= 0.3 is 0 Å². The summed E-state index contributed by atoms with van der Waals surface area (Å²) in [6.45, 7) is 9.93. The third kappa shape index (κ3) is 12.7. The lowest BCUT2D eigenvalue weighted by Crippen LogP contribution is -2.61. The Bertz CT molecular complexity index is 1770. The van der Waals surface area contributed by atoms with Crippen LogP contribution in [0, 0.1) is 21.4 Å². The van der Waals surface area contributed by atoms with Crippen molar-refractivity contribution in [3.05, 3.63) is 105 Å². The van der Waals surface area contributed by atoms with Gasteiger partial charge in [-0.1, -0.05) is 107 Å². The molecule has 0 heterocycles. The Hall–Kier alpha value is -5.34. The summed E-state index contributed by atoms with van der Waals surface area (Å²) in [6, 6.07) is 16.0. The van der Waals surface area contributed by atoms with Crippen LogP contribution in [0.2, 0.25) is 5.02 Å². The SMILES string of the molecule is CC(C)[C@H](NC(=O)C(C)(C)C)C(=O)N[C@@H](Cc1ccccc1)C(=O)N[C@H](C(=O)N[C@@H](Cc1ccccc1)C(=O)Nc1ccc([N+](=O)[O-])cc1Cl)[C@@H](C)O. The van der Waals surface area contributed by atoms with E-state index in [1.807, 2.05) is 0 Å². The average molecular weight is 751 g/mol. The fraction of sp³-hybridized carbons (Fsp3) is 0.395. The summed E-state index contributed by atoms with van der Waals surface area (Å²) in [7, 11) is 0. The summed E-state index contributed by atoms with van der Waals surface area (Å²) in [5.74, 6) is -3.73. The van der Waals surface area contributed by atoms with Gasteiger partial charge in [0.15, 0.2) is 0 Å². The number of aliphatic hydroxyl groups excluding tert-OH is 1. The second kappa shape index (κ2) is 18.9. The zero-order valence-electron chi connectivity index (χ0n) is 30.5. The van der Waals surface area contributed by atoms with Crippen LogP contribution in [-0.2, 0) is 36.8 Å². The van der Waals surface area contributed by atoms with E-state index >= 15 is 0 Å².